The third-order valence-corrected chi connectivity index (χ3v) is 8.29. The number of carbonyl (C=O) groups excluding carboxylic acids is 3. The van der Waals surface area contributed by atoms with E-state index in [1.54, 1.807) is 31.2 Å². The van der Waals surface area contributed by atoms with Crippen LogP contribution in [0.3, 0.4) is 0 Å². The molecule has 0 radical (unpaired) electrons. The molecule has 1 fully saturated rings. The third kappa shape index (κ3) is 7.08. The molecule has 1 aromatic carbocycles. The molecule has 0 saturated carbocycles. The zero-order valence-electron chi connectivity index (χ0n) is 23.7. The molecule has 0 bridgehead atoms. The third-order valence-electron chi connectivity index (χ3n) is 7.11. The number of benzene rings is 1. The minimum atomic E-state index is -5.24. The number of hydrogen-bond acceptors (Lipinski definition) is 10. The van der Waals surface area contributed by atoms with Gasteiger partial charge in [0.2, 0.25) is 5.91 Å². The number of aromatic hydroxyl groups is 1. The number of ether oxygens (including phenoxy) is 2. The zero-order valence-corrected chi connectivity index (χ0v) is 24.5. The zero-order chi connectivity index (χ0) is 31.4. The van der Waals surface area contributed by atoms with E-state index in [0.717, 1.165) is 0 Å². The van der Waals surface area contributed by atoms with Gasteiger partial charge in [-0.1, -0.05) is 18.2 Å². The number of phenols is 1. The molecule has 232 valence electrons. The van der Waals surface area contributed by atoms with Gasteiger partial charge in [-0.05, 0) is 37.6 Å². The van der Waals surface area contributed by atoms with Crippen LogP contribution in [-0.2, 0) is 23.9 Å². The Labute approximate surface area is 254 Å². The normalized spacial score (nSPS) is 16.2. The molecule has 14 heteroatoms. The summed E-state index contributed by atoms with van der Waals surface area (Å²) < 4.78 is 50.8. The number of carbonyl (C=O) groups is 3. The number of esters is 1. The number of phenolic OH excluding ortho intramolecular Hbond substituents is 1. The van der Waals surface area contributed by atoms with Crippen LogP contribution in [0.15, 0.2) is 48.2 Å². The molecule has 2 aromatic heterocycles. The van der Waals surface area contributed by atoms with Gasteiger partial charge in [0.25, 0.3) is 0 Å². The van der Waals surface area contributed by atoms with Crippen LogP contribution in [-0.4, -0.2) is 83.2 Å². The second-order valence-electron chi connectivity index (χ2n) is 10.2. The first-order valence-corrected chi connectivity index (χ1v) is 14.7. The smallest absolute Gasteiger partial charge is 0.491 e. The lowest BCUT2D eigenvalue weighted by Gasteiger charge is -2.30. The highest BCUT2D eigenvalue weighted by Gasteiger charge is 2.43. The second kappa shape index (κ2) is 13.1. The minimum absolute atomic E-state index is 0.0407. The fourth-order valence-electron chi connectivity index (χ4n) is 4.96. The van der Waals surface area contributed by atoms with Crippen LogP contribution >= 0.6 is 11.3 Å². The summed E-state index contributed by atoms with van der Waals surface area (Å²) in [6, 6.07) is 8.20. The van der Waals surface area contributed by atoms with E-state index < -0.39 is 18.1 Å². The first-order chi connectivity index (χ1) is 21.0. The predicted octanol–water partition coefficient (Wildman–Crippen LogP) is 4.87. The van der Waals surface area contributed by atoms with Gasteiger partial charge in [0.1, 0.15) is 11.5 Å². The first kappa shape index (κ1) is 31.1. The highest BCUT2D eigenvalue weighted by molar-refractivity contribution is 7.20. The van der Waals surface area contributed by atoms with Crippen LogP contribution in [0.2, 0.25) is 0 Å². The SMILES string of the molecule is C/C=C/C(=O)CCC(=O)N1CCC(c2cc3nc(-c4cccc(O)c4)nc(N4CCOCC4)c3s2)=C(OC(=O)C(F)(F)F)C1. The highest BCUT2D eigenvalue weighted by Crippen LogP contribution is 2.40. The molecule has 1 N–H and O–H groups in total. The summed E-state index contributed by atoms with van der Waals surface area (Å²) in [7, 11) is 0. The number of ketones is 1. The van der Waals surface area contributed by atoms with Gasteiger partial charge in [0.05, 0.1) is 30.0 Å². The van der Waals surface area contributed by atoms with E-state index in [0.29, 0.717) is 64.2 Å². The number of thiophene rings is 1. The molecule has 2 aliphatic rings. The Morgan fingerprint density at radius 1 is 1.11 bits per heavy atom. The number of hydrogen-bond donors (Lipinski definition) is 1. The molecule has 44 heavy (non-hydrogen) atoms. The average molecular weight is 631 g/mol. The van der Waals surface area contributed by atoms with Crippen LogP contribution in [0.4, 0.5) is 19.0 Å². The van der Waals surface area contributed by atoms with Gasteiger partial charge in [-0.3, -0.25) is 9.59 Å². The summed E-state index contributed by atoms with van der Waals surface area (Å²) in [5.74, 6) is -2.35. The Bertz CT molecular complexity index is 1650. The number of anilines is 1. The van der Waals surface area contributed by atoms with Gasteiger partial charge >= 0.3 is 12.1 Å². The standard InChI is InChI=1S/C30H29F3N4O6S/c1-2-4-19(38)7-8-25(40)37-10-9-21(23(17-37)43-29(41)30(31,32)33)24-16-22-26(44-24)28(36-11-13-42-14-12-36)35-27(34-22)18-5-3-6-20(39)15-18/h2-6,15-16,39H,7-14,17H2,1H3/b4-2+. The molecule has 0 aliphatic carbocycles. The fourth-order valence-corrected chi connectivity index (χ4v) is 6.16. The van der Waals surface area contributed by atoms with Gasteiger partial charge in [0.15, 0.2) is 17.4 Å². The molecule has 2 aliphatic heterocycles. The maximum atomic E-state index is 13.3. The van der Waals surface area contributed by atoms with Crippen molar-refractivity contribution in [3.63, 3.8) is 0 Å². The molecule has 1 saturated heterocycles. The van der Waals surface area contributed by atoms with Gasteiger partial charge in [-0.15, -0.1) is 11.3 Å². The topological polar surface area (TPSA) is 122 Å². The molecular formula is C30H29F3N4O6S. The lowest BCUT2D eigenvalue weighted by Crippen LogP contribution is -2.39. The van der Waals surface area contributed by atoms with Crippen molar-refractivity contribution >= 4 is 50.6 Å². The predicted molar refractivity (Wildman–Crippen MR) is 157 cm³/mol. The van der Waals surface area contributed by atoms with Crippen molar-refractivity contribution in [3.05, 3.63) is 53.1 Å². The Morgan fingerprint density at radius 2 is 1.89 bits per heavy atom. The van der Waals surface area contributed by atoms with Gasteiger partial charge < -0.3 is 24.4 Å². The molecule has 0 spiro atoms. The van der Waals surface area contributed by atoms with Crippen molar-refractivity contribution in [2.24, 2.45) is 0 Å². The van der Waals surface area contributed by atoms with E-state index in [4.69, 9.17) is 19.4 Å². The Balaban J connectivity index is 1.55. The van der Waals surface area contributed by atoms with Gasteiger partial charge in [-0.25, -0.2) is 14.8 Å². The van der Waals surface area contributed by atoms with Crippen molar-refractivity contribution in [3.8, 4) is 17.1 Å². The number of nitrogens with zero attached hydrogens (tertiary/aromatic N) is 4. The number of halogens is 3. The summed E-state index contributed by atoms with van der Waals surface area (Å²) in [5, 5.41) is 10.0. The molecule has 10 nitrogen and oxygen atoms in total. The number of fused-ring (bicyclic) bond motifs is 1. The highest BCUT2D eigenvalue weighted by atomic mass is 32.1. The van der Waals surface area contributed by atoms with Crippen molar-refractivity contribution in [1.29, 1.82) is 0 Å². The summed E-state index contributed by atoms with van der Waals surface area (Å²) in [4.78, 5) is 50.0. The number of allylic oxidation sites excluding steroid dienone is 2. The summed E-state index contributed by atoms with van der Waals surface area (Å²) in [5.41, 5.74) is 1.45. The molecule has 3 aromatic rings. The maximum absolute atomic E-state index is 13.3. The molecule has 0 unspecified atom stereocenters. The van der Waals surface area contributed by atoms with E-state index in [1.807, 2.05) is 4.90 Å². The Morgan fingerprint density at radius 3 is 2.59 bits per heavy atom. The Hall–Kier alpha value is -4.30. The summed E-state index contributed by atoms with van der Waals surface area (Å²) in [6.07, 6.45) is -2.40. The van der Waals surface area contributed by atoms with Gasteiger partial charge in [0, 0.05) is 48.5 Å². The Kier molecular flexibility index (Phi) is 9.30. The van der Waals surface area contributed by atoms with E-state index in [1.165, 1.54) is 34.4 Å². The van der Waals surface area contributed by atoms with Crippen molar-refractivity contribution in [1.82, 2.24) is 14.9 Å². The number of alkyl halides is 3. The maximum Gasteiger partial charge on any atom is 0.491 e. The summed E-state index contributed by atoms with van der Waals surface area (Å²) in [6.45, 7) is 3.56. The van der Waals surface area contributed by atoms with Crippen molar-refractivity contribution in [2.45, 2.75) is 32.4 Å². The van der Waals surface area contributed by atoms with E-state index >= 15 is 0 Å². The van der Waals surface area contributed by atoms with Crippen molar-refractivity contribution < 1.29 is 42.1 Å². The molecule has 4 heterocycles. The molecular weight excluding hydrogens is 601 g/mol. The van der Waals surface area contributed by atoms with Crippen LogP contribution in [0.25, 0.3) is 27.2 Å². The minimum Gasteiger partial charge on any atom is -0.508 e. The number of aromatic nitrogens is 2. The molecule has 0 atom stereocenters. The van der Waals surface area contributed by atoms with E-state index in [2.05, 4.69) is 0 Å². The fraction of sp³-hybridized carbons (Fsp3) is 0.367. The van der Waals surface area contributed by atoms with Crippen LogP contribution in [0.5, 0.6) is 5.75 Å². The average Bonchev–Trinajstić information content (AvgIpc) is 3.43. The monoisotopic (exact) mass is 630 g/mol. The molecule has 5 rings (SSSR count). The lowest BCUT2D eigenvalue weighted by molar-refractivity contribution is -0.195. The molecule has 1 amide bonds. The number of rotatable bonds is 8. The number of morpholine rings is 1. The van der Waals surface area contributed by atoms with Gasteiger partial charge in [-0.2, -0.15) is 13.2 Å². The van der Waals surface area contributed by atoms with Crippen LogP contribution < -0.4 is 4.90 Å². The van der Waals surface area contributed by atoms with Crippen LogP contribution in [0.1, 0.15) is 31.1 Å². The quantitative estimate of drug-likeness (QED) is 0.274. The largest absolute Gasteiger partial charge is 0.508 e. The summed E-state index contributed by atoms with van der Waals surface area (Å²) >= 11 is 1.26. The van der Waals surface area contributed by atoms with Crippen molar-refractivity contribution in [2.75, 3.05) is 44.3 Å². The van der Waals surface area contributed by atoms with Crippen LogP contribution in [0, 0.1) is 0 Å². The first-order valence-electron chi connectivity index (χ1n) is 13.9. The number of amides is 1. The lowest BCUT2D eigenvalue weighted by atomic mass is 10.0. The second-order valence-corrected chi connectivity index (χ2v) is 11.2. The van der Waals surface area contributed by atoms with E-state index in [-0.39, 0.29) is 49.6 Å². The van der Waals surface area contributed by atoms with E-state index in [9.17, 15) is 32.7 Å².